The van der Waals surface area contributed by atoms with Crippen LogP contribution in [0.15, 0.2) is 59.4 Å². The minimum absolute atomic E-state index is 0.0571. The number of hydrogen-bond donors (Lipinski definition) is 1. The highest BCUT2D eigenvalue weighted by Gasteiger charge is 2.27. The third kappa shape index (κ3) is 3.32. The van der Waals surface area contributed by atoms with Crippen molar-refractivity contribution in [1.82, 2.24) is 4.37 Å². The zero-order chi connectivity index (χ0) is 18.9. The lowest BCUT2D eigenvalue weighted by atomic mass is 9.94. The van der Waals surface area contributed by atoms with Gasteiger partial charge in [-0.05, 0) is 71.4 Å². The van der Waals surface area contributed by atoms with Crippen LogP contribution >= 0.6 is 11.5 Å². The van der Waals surface area contributed by atoms with Crippen LogP contribution in [-0.2, 0) is 11.2 Å². The van der Waals surface area contributed by atoms with Crippen LogP contribution < -0.4 is 10.3 Å². The fourth-order valence-electron chi connectivity index (χ4n) is 4.10. The van der Waals surface area contributed by atoms with Gasteiger partial charge in [0, 0.05) is 6.07 Å². The van der Waals surface area contributed by atoms with E-state index in [1.54, 1.807) is 6.07 Å². The van der Waals surface area contributed by atoms with Gasteiger partial charge in [-0.2, -0.15) is 0 Å². The van der Waals surface area contributed by atoms with E-state index in [1.807, 2.05) is 24.3 Å². The van der Waals surface area contributed by atoms with Crippen molar-refractivity contribution in [3.63, 3.8) is 0 Å². The Morgan fingerprint density at radius 2 is 2.00 bits per heavy atom. The van der Waals surface area contributed by atoms with Crippen LogP contribution in [0, 0.1) is 0 Å². The molecule has 1 aliphatic heterocycles. The molecule has 2 aliphatic rings. The maximum atomic E-state index is 11.3. The molecular weight excluding hydrogens is 370 g/mol. The Morgan fingerprint density at radius 1 is 1.11 bits per heavy atom. The molecule has 1 aromatic heterocycles. The summed E-state index contributed by atoms with van der Waals surface area (Å²) in [5.74, 6) is 0.861. The Hall–Kier alpha value is -2.63. The Kier molecular flexibility index (Phi) is 4.63. The van der Waals surface area contributed by atoms with E-state index in [-0.39, 0.29) is 11.7 Å². The van der Waals surface area contributed by atoms with Gasteiger partial charge in [-0.15, -0.1) is 0 Å². The van der Waals surface area contributed by atoms with Gasteiger partial charge < -0.3 is 9.47 Å². The maximum absolute atomic E-state index is 11.3. The SMILES string of the molecule is O=c1cc(-c2ccc(O[C@@H]3CCc4c(C5=CCOCC5)cccc43)cc2)s[nH]1. The molecule has 0 bridgehead atoms. The lowest BCUT2D eigenvalue weighted by Gasteiger charge is -2.18. The third-order valence-corrected chi connectivity index (χ3v) is 6.34. The highest BCUT2D eigenvalue weighted by Crippen LogP contribution is 2.39. The molecule has 5 heteroatoms. The van der Waals surface area contributed by atoms with E-state index in [4.69, 9.17) is 9.47 Å². The van der Waals surface area contributed by atoms with E-state index in [0.29, 0.717) is 6.61 Å². The summed E-state index contributed by atoms with van der Waals surface area (Å²) >= 11 is 1.35. The standard InChI is InChI=1S/C23H21NO3S/c25-23-14-22(28-24-23)16-4-6-17(7-5-16)27-21-9-8-19-18(2-1-3-20(19)21)15-10-12-26-13-11-15/h1-7,10,14,21H,8-9,11-13H2,(H,24,25)/t21-/m1/s1. The van der Waals surface area contributed by atoms with Crippen molar-refractivity contribution < 1.29 is 9.47 Å². The summed E-state index contributed by atoms with van der Waals surface area (Å²) in [4.78, 5) is 12.3. The van der Waals surface area contributed by atoms with Crippen LogP contribution in [-0.4, -0.2) is 17.6 Å². The molecule has 28 heavy (non-hydrogen) atoms. The average Bonchev–Trinajstić information content (AvgIpc) is 3.36. The van der Waals surface area contributed by atoms with E-state index in [0.717, 1.165) is 42.1 Å². The molecule has 2 heterocycles. The monoisotopic (exact) mass is 391 g/mol. The predicted octanol–water partition coefficient (Wildman–Crippen LogP) is 4.97. The highest BCUT2D eigenvalue weighted by molar-refractivity contribution is 7.09. The maximum Gasteiger partial charge on any atom is 0.258 e. The first-order valence-electron chi connectivity index (χ1n) is 9.62. The lowest BCUT2D eigenvalue weighted by Crippen LogP contribution is -2.06. The number of aromatic amines is 1. The molecule has 0 unspecified atom stereocenters. The van der Waals surface area contributed by atoms with Crippen LogP contribution in [0.2, 0.25) is 0 Å². The molecule has 3 aromatic rings. The van der Waals surface area contributed by atoms with E-state index in [9.17, 15) is 4.79 Å². The van der Waals surface area contributed by atoms with Crippen molar-refractivity contribution in [1.29, 1.82) is 0 Å². The molecule has 4 nitrogen and oxygen atoms in total. The van der Waals surface area contributed by atoms with Gasteiger partial charge in [0.25, 0.3) is 5.56 Å². The summed E-state index contributed by atoms with van der Waals surface area (Å²) in [7, 11) is 0. The van der Waals surface area contributed by atoms with Crippen LogP contribution in [0.25, 0.3) is 16.0 Å². The van der Waals surface area contributed by atoms with E-state index < -0.39 is 0 Å². The number of nitrogens with one attached hydrogen (secondary N) is 1. The first-order chi connectivity index (χ1) is 13.8. The van der Waals surface area contributed by atoms with E-state index in [1.165, 1.54) is 33.8 Å². The first kappa shape index (κ1) is 17.5. The van der Waals surface area contributed by atoms with Crippen molar-refractivity contribution in [3.05, 3.63) is 81.7 Å². The molecule has 1 atom stereocenters. The minimum atomic E-state index is -0.0571. The van der Waals surface area contributed by atoms with Crippen molar-refractivity contribution >= 4 is 17.1 Å². The fourth-order valence-corrected chi connectivity index (χ4v) is 4.79. The number of rotatable bonds is 4. The zero-order valence-corrected chi connectivity index (χ0v) is 16.3. The second-order valence-corrected chi connectivity index (χ2v) is 8.02. The molecule has 0 fully saturated rings. The van der Waals surface area contributed by atoms with E-state index in [2.05, 4.69) is 28.6 Å². The highest BCUT2D eigenvalue weighted by atomic mass is 32.1. The van der Waals surface area contributed by atoms with Crippen molar-refractivity contribution in [2.45, 2.75) is 25.4 Å². The molecule has 1 N–H and O–H groups in total. The molecule has 142 valence electrons. The smallest absolute Gasteiger partial charge is 0.258 e. The fraction of sp³-hybridized carbons (Fsp3) is 0.261. The molecule has 0 radical (unpaired) electrons. The van der Waals surface area contributed by atoms with Gasteiger partial charge in [0.1, 0.15) is 11.9 Å². The summed E-state index contributed by atoms with van der Waals surface area (Å²) in [5, 5.41) is 0. The van der Waals surface area contributed by atoms with Gasteiger partial charge in [-0.1, -0.05) is 35.8 Å². The van der Waals surface area contributed by atoms with Crippen molar-refractivity contribution in [2.24, 2.45) is 0 Å². The molecule has 0 spiro atoms. The molecule has 0 saturated carbocycles. The second kappa shape index (κ2) is 7.41. The van der Waals surface area contributed by atoms with Gasteiger partial charge in [-0.3, -0.25) is 9.17 Å². The second-order valence-electron chi connectivity index (χ2n) is 7.17. The Labute approximate surface area is 167 Å². The summed E-state index contributed by atoms with van der Waals surface area (Å²) in [6.07, 6.45) is 5.32. The number of ether oxygens (including phenoxy) is 2. The van der Waals surface area contributed by atoms with Gasteiger partial charge in [0.15, 0.2) is 0 Å². The summed E-state index contributed by atoms with van der Waals surface area (Å²) in [5.41, 5.74) is 6.46. The quantitative estimate of drug-likeness (QED) is 0.683. The van der Waals surface area contributed by atoms with Crippen molar-refractivity contribution in [2.75, 3.05) is 13.2 Å². The molecule has 2 aromatic carbocycles. The number of aromatic nitrogens is 1. The third-order valence-electron chi connectivity index (χ3n) is 5.47. The Morgan fingerprint density at radius 3 is 2.75 bits per heavy atom. The van der Waals surface area contributed by atoms with Crippen LogP contribution in [0.4, 0.5) is 0 Å². The lowest BCUT2D eigenvalue weighted by molar-refractivity contribution is 0.161. The Balaban J connectivity index is 1.37. The predicted molar refractivity (Wildman–Crippen MR) is 112 cm³/mol. The average molecular weight is 391 g/mol. The first-order valence-corrected chi connectivity index (χ1v) is 10.4. The molecule has 0 saturated heterocycles. The molecule has 1 aliphatic carbocycles. The molecular formula is C23H21NO3S. The molecule has 0 amide bonds. The van der Waals surface area contributed by atoms with Crippen LogP contribution in [0.5, 0.6) is 5.75 Å². The largest absolute Gasteiger partial charge is 0.486 e. The van der Waals surface area contributed by atoms with Gasteiger partial charge in [0.2, 0.25) is 0 Å². The number of hydrogen-bond acceptors (Lipinski definition) is 4. The normalized spacial score (nSPS) is 18.6. The minimum Gasteiger partial charge on any atom is -0.486 e. The molecule has 5 rings (SSSR count). The van der Waals surface area contributed by atoms with Crippen LogP contribution in [0.3, 0.4) is 0 Å². The van der Waals surface area contributed by atoms with Gasteiger partial charge in [-0.25, -0.2) is 0 Å². The number of benzene rings is 2. The van der Waals surface area contributed by atoms with Gasteiger partial charge >= 0.3 is 0 Å². The summed E-state index contributed by atoms with van der Waals surface area (Å²) in [6.45, 7) is 1.51. The summed E-state index contributed by atoms with van der Waals surface area (Å²) < 4.78 is 14.5. The van der Waals surface area contributed by atoms with Gasteiger partial charge in [0.05, 0.1) is 18.1 Å². The summed E-state index contributed by atoms with van der Waals surface area (Å²) in [6, 6.07) is 16.2. The number of fused-ring (bicyclic) bond motifs is 1. The topological polar surface area (TPSA) is 51.3 Å². The van der Waals surface area contributed by atoms with E-state index >= 15 is 0 Å². The Bertz CT molecular complexity index is 1080. The van der Waals surface area contributed by atoms with Crippen molar-refractivity contribution in [3.8, 4) is 16.2 Å². The van der Waals surface area contributed by atoms with Crippen LogP contribution in [0.1, 0.15) is 35.6 Å². The number of H-pyrrole nitrogens is 1. The zero-order valence-electron chi connectivity index (χ0n) is 15.4.